The van der Waals surface area contributed by atoms with Crippen LogP contribution in [0.15, 0.2) is 42.5 Å². The first-order valence-electron chi connectivity index (χ1n) is 10.8. The van der Waals surface area contributed by atoms with Gasteiger partial charge in [-0.2, -0.15) is 13.2 Å². The highest BCUT2D eigenvalue weighted by Gasteiger charge is 2.31. The van der Waals surface area contributed by atoms with E-state index in [1.807, 2.05) is 0 Å². The van der Waals surface area contributed by atoms with Crippen molar-refractivity contribution in [2.75, 3.05) is 38.2 Å². The molecular weight excluding hydrogens is 439 g/mol. The molecule has 2 amide bonds. The van der Waals surface area contributed by atoms with Gasteiger partial charge in [-0.3, -0.25) is 0 Å². The molecule has 0 radical (unpaired) electrons. The molecule has 33 heavy (non-hydrogen) atoms. The maximum absolute atomic E-state index is 13.0. The lowest BCUT2D eigenvalue weighted by molar-refractivity contribution is -0.137. The number of amides is 2. The Balaban J connectivity index is 1.49. The van der Waals surface area contributed by atoms with Crippen LogP contribution in [0.1, 0.15) is 30.1 Å². The van der Waals surface area contributed by atoms with Gasteiger partial charge in [-0.1, -0.05) is 12.1 Å². The first kappa shape index (κ1) is 23.2. The number of aliphatic hydroxyl groups is 1. The molecule has 1 saturated heterocycles. The summed E-state index contributed by atoms with van der Waals surface area (Å²) in [5, 5.41) is 16.3. The lowest BCUT2D eigenvalue weighted by Gasteiger charge is -2.29. The van der Waals surface area contributed by atoms with Crippen LogP contribution in [0.2, 0.25) is 0 Å². The van der Waals surface area contributed by atoms with E-state index in [1.54, 1.807) is 18.2 Å². The Kier molecular flexibility index (Phi) is 6.94. The number of nitrogens with zero attached hydrogens (tertiary/aromatic N) is 1. The minimum absolute atomic E-state index is 0.0102. The molecule has 178 valence electrons. The number of carbonyl (C=O) groups excluding carboxylic acids is 1. The highest BCUT2D eigenvalue weighted by Crippen LogP contribution is 2.34. The number of alkyl halides is 3. The van der Waals surface area contributed by atoms with Crippen molar-refractivity contribution in [2.45, 2.75) is 31.2 Å². The minimum atomic E-state index is -4.51. The van der Waals surface area contributed by atoms with Gasteiger partial charge >= 0.3 is 12.2 Å². The number of hydrogen-bond acceptors (Lipinski definition) is 5. The van der Waals surface area contributed by atoms with E-state index in [1.165, 1.54) is 12.1 Å². The van der Waals surface area contributed by atoms with Crippen LogP contribution < -0.4 is 20.1 Å². The predicted octanol–water partition coefficient (Wildman–Crippen LogP) is 3.80. The average molecular weight is 465 g/mol. The van der Waals surface area contributed by atoms with E-state index < -0.39 is 29.9 Å². The van der Waals surface area contributed by atoms with Crippen LogP contribution >= 0.6 is 0 Å². The van der Waals surface area contributed by atoms with Gasteiger partial charge in [0.25, 0.3) is 0 Å². The predicted molar refractivity (Wildman–Crippen MR) is 115 cm³/mol. The molecule has 0 unspecified atom stereocenters. The van der Waals surface area contributed by atoms with Crippen LogP contribution in [0, 0.1) is 0 Å². The number of aliphatic hydroxyl groups excluding tert-OH is 1. The van der Waals surface area contributed by atoms with E-state index in [-0.39, 0.29) is 5.69 Å². The smallest absolute Gasteiger partial charge is 0.416 e. The molecule has 0 bridgehead atoms. The SMILES string of the molecule is O=C(Nc1cccc(C(F)(F)F)c1)N[C@H](CN1CCCC1)[C@H](O)c1ccc2c(c1)OCCO2. The summed E-state index contributed by atoms with van der Waals surface area (Å²) in [6.07, 6.45) is -3.51. The molecule has 2 atom stereocenters. The normalized spacial score (nSPS) is 17.9. The topological polar surface area (TPSA) is 83.1 Å². The van der Waals surface area contributed by atoms with Gasteiger partial charge in [0, 0.05) is 12.2 Å². The maximum Gasteiger partial charge on any atom is 0.416 e. The van der Waals surface area contributed by atoms with Crippen molar-refractivity contribution in [3.8, 4) is 11.5 Å². The first-order valence-corrected chi connectivity index (χ1v) is 10.8. The summed E-state index contributed by atoms with van der Waals surface area (Å²) in [6, 6.07) is 8.11. The van der Waals surface area contributed by atoms with Crippen LogP contribution in [0.25, 0.3) is 0 Å². The zero-order valence-corrected chi connectivity index (χ0v) is 17.9. The highest BCUT2D eigenvalue weighted by atomic mass is 19.4. The van der Waals surface area contributed by atoms with E-state index in [4.69, 9.17) is 9.47 Å². The Morgan fingerprint density at radius 1 is 1.06 bits per heavy atom. The van der Waals surface area contributed by atoms with Crippen molar-refractivity contribution in [1.29, 1.82) is 0 Å². The number of carbonyl (C=O) groups is 1. The molecule has 0 saturated carbocycles. The molecule has 4 rings (SSSR count). The lowest BCUT2D eigenvalue weighted by atomic mass is 10.0. The lowest BCUT2D eigenvalue weighted by Crippen LogP contribution is -2.48. The summed E-state index contributed by atoms with van der Waals surface area (Å²) in [6.45, 7) is 2.94. The maximum atomic E-state index is 13.0. The Hall–Kier alpha value is -2.98. The highest BCUT2D eigenvalue weighted by molar-refractivity contribution is 5.89. The molecule has 2 heterocycles. The van der Waals surface area contributed by atoms with Gasteiger partial charge < -0.3 is 30.1 Å². The third-order valence-corrected chi connectivity index (χ3v) is 5.71. The number of benzene rings is 2. The molecule has 2 aromatic rings. The van der Waals surface area contributed by atoms with E-state index >= 15 is 0 Å². The fourth-order valence-corrected chi connectivity index (χ4v) is 4.05. The van der Waals surface area contributed by atoms with Gasteiger partial charge in [0.05, 0.1) is 11.6 Å². The van der Waals surface area contributed by atoms with Crippen molar-refractivity contribution in [3.05, 3.63) is 53.6 Å². The summed E-state index contributed by atoms with van der Waals surface area (Å²) in [5.74, 6) is 1.11. The quantitative estimate of drug-likeness (QED) is 0.605. The molecule has 2 aromatic carbocycles. The van der Waals surface area contributed by atoms with Crippen molar-refractivity contribution >= 4 is 11.7 Å². The van der Waals surface area contributed by atoms with Crippen LogP contribution in [0.3, 0.4) is 0 Å². The number of fused-ring (bicyclic) bond motifs is 1. The summed E-state index contributed by atoms with van der Waals surface area (Å²) in [4.78, 5) is 14.8. The van der Waals surface area contributed by atoms with E-state index in [9.17, 15) is 23.1 Å². The fourth-order valence-electron chi connectivity index (χ4n) is 4.05. The Morgan fingerprint density at radius 3 is 2.52 bits per heavy atom. The largest absolute Gasteiger partial charge is 0.486 e. The van der Waals surface area contributed by atoms with Crippen LogP contribution in [0.4, 0.5) is 23.7 Å². The zero-order valence-electron chi connectivity index (χ0n) is 17.9. The van der Waals surface area contributed by atoms with Gasteiger partial charge in [0.15, 0.2) is 11.5 Å². The fraction of sp³-hybridized carbons (Fsp3) is 0.435. The van der Waals surface area contributed by atoms with Gasteiger partial charge in [0.1, 0.15) is 19.3 Å². The second-order valence-electron chi connectivity index (χ2n) is 8.14. The number of anilines is 1. The van der Waals surface area contributed by atoms with Crippen molar-refractivity contribution in [1.82, 2.24) is 10.2 Å². The second-order valence-corrected chi connectivity index (χ2v) is 8.14. The summed E-state index contributed by atoms with van der Waals surface area (Å²) >= 11 is 0. The zero-order chi connectivity index (χ0) is 23.4. The Morgan fingerprint density at radius 2 is 1.79 bits per heavy atom. The second kappa shape index (κ2) is 9.88. The molecule has 3 N–H and O–H groups in total. The number of hydrogen-bond donors (Lipinski definition) is 3. The monoisotopic (exact) mass is 465 g/mol. The van der Waals surface area contributed by atoms with Crippen LogP contribution in [0.5, 0.6) is 11.5 Å². The van der Waals surface area contributed by atoms with E-state index in [2.05, 4.69) is 15.5 Å². The molecule has 2 aliphatic heterocycles. The third-order valence-electron chi connectivity index (χ3n) is 5.71. The standard InChI is InChI=1S/C23H26F3N3O4/c24-23(25,26)16-4-3-5-17(13-16)27-22(31)28-18(14-29-8-1-2-9-29)21(30)15-6-7-19-20(12-15)33-11-10-32-19/h3-7,12-13,18,21,30H,1-2,8-11,14H2,(H2,27,28,31)/t18-,21-/m1/s1. The number of ether oxygens (including phenoxy) is 2. The first-order chi connectivity index (χ1) is 15.8. The molecule has 10 heteroatoms. The van der Waals surface area contributed by atoms with Gasteiger partial charge in [-0.05, 0) is 61.8 Å². The average Bonchev–Trinajstić information content (AvgIpc) is 3.30. The van der Waals surface area contributed by atoms with E-state index in [0.29, 0.717) is 36.8 Å². The van der Waals surface area contributed by atoms with Crippen molar-refractivity contribution < 1.29 is 32.5 Å². The molecule has 0 spiro atoms. The van der Waals surface area contributed by atoms with Gasteiger partial charge in [0.2, 0.25) is 0 Å². The van der Waals surface area contributed by atoms with Crippen molar-refractivity contribution in [2.24, 2.45) is 0 Å². The van der Waals surface area contributed by atoms with Crippen LogP contribution in [-0.2, 0) is 6.18 Å². The summed E-state index contributed by atoms with van der Waals surface area (Å²) in [7, 11) is 0. The minimum Gasteiger partial charge on any atom is -0.486 e. The molecule has 1 fully saturated rings. The molecular formula is C23H26F3N3O4. The molecule has 0 aromatic heterocycles. The molecule has 2 aliphatic rings. The van der Waals surface area contributed by atoms with Gasteiger partial charge in [-0.25, -0.2) is 4.79 Å². The van der Waals surface area contributed by atoms with Gasteiger partial charge in [-0.15, -0.1) is 0 Å². The number of urea groups is 1. The Bertz CT molecular complexity index is 980. The third kappa shape index (κ3) is 5.88. The van der Waals surface area contributed by atoms with Crippen LogP contribution in [-0.4, -0.2) is 54.9 Å². The molecule has 0 aliphatic carbocycles. The molecule has 7 nitrogen and oxygen atoms in total. The number of nitrogens with one attached hydrogen (secondary N) is 2. The Labute approximate surface area is 189 Å². The number of rotatable bonds is 6. The summed E-state index contributed by atoms with van der Waals surface area (Å²) in [5.41, 5.74) is -0.302. The number of halogens is 3. The summed E-state index contributed by atoms with van der Waals surface area (Å²) < 4.78 is 50.0. The number of likely N-dealkylation sites (tertiary alicyclic amines) is 1. The van der Waals surface area contributed by atoms with Crippen molar-refractivity contribution in [3.63, 3.8) is 0 Å². The van der Waals surface area contributed by atoms with E-state index in [0.717, 1.165) is 38.1 Å².